The van der Waals surface area contributed by atoms with E-state index < -0.39 is 25.0 Å². The first kappa shape index (κ1) is 13.4. The summed E-state index contributed by atoms with van der Waals surface area (Å²) >= 11 is 0. The minimum atomic E-state index is -4.11. The summed E-state index contributed by atoms with van der Waals surface area (Å²) in [6.45, 7) is -0.276. The van der Waals surface area contributed by atoms with Crippen LogP contribution >= 0.6 is 7.60 Å². The first-order chi connectivity index (χ1) is 7.88. The van der Waals surface area contributed by atoms with Gasteiger partial charge in [0.25, 0.3) is 5.56 Å². The zero-order valence-corrected chi connectivity index (χ0v) is 9.39. The van der Waals surface area contributed by atoms with E-state index in [1.807, 2.05) is 4.98 Å². The molecule has 9 nitrogen and oxygen atoms in total. The van der Waals surface area contributed by atoms with Crippen molar-refractivity contribution in [1.82, 2.24) is 9.97 Å². The Bertz CT molecular complexity index is 555. The highest BCUT2D eigenvalue weighted by Crippen LogP contribution is 2.33. The zero-order chi connectivity index (χ0) is 12.9. The van der Waals surface area contributed by atoms with Crippen LogP contribution in [0.1, 0.15) is 5.56 Å². The second kappa shape index (κ2) is 5.58. The van der Waals surface area contributed by atoms with Crippen molar-refractivity contribution in [3.05, 3.63) is 32.6 Å². The summed E-state index contributed by atoms with van der Waals surface area (Å²) in [6.07, 6.45) is 1.69. The molecule has 0 aliphatic rings. The van der Waals surface area contributed by atoms with Crippen molar-refractivity contribution < 1.29 is 19.2 Å². The van der Waals surface area contributed by atoms with Crippen LogP contribution in [-0.4, -0.2) is 38.7 Å². The highest BCUT2D eigenvalue weighted by molar-refractivity contribution is 7.51. The maximum Gasteiger partial charge on any atom is 0.329 e. The van der Waals surface area contributed by atoms with E-state index in [4.69, 9.17) is 9.79 Å². The van der Waals surface area contributed by atoms with Gasteiger partial charge in [-0.1, -0.05) is 5.16 Å². The Kier molecular flexibility index (Phi) is 4.38. The lowest BCUT2D eigenvalue weighted by atomic mass is 10.4. The van der Waals surface area contributed by atoms with Crippen LogP contribution in [-0.2, 0) is 9.40 Å². The van der Waals surface area contributed by atoms with E-state index in [1.54, 1.807) is 0 Å². The molecule has 1 aromatic rings. The minimum Gasteiger partial charge on any atom is -0.395 e. The summed E-state index contributed by atoms with van der Waals surface area (Å²) in [4.78, 5) is 47.5. The van der Waals surface area contributed by atoms with E-state index in [0.717, 1.165) is 12.4 Å². The highest BCUT2D eigenvalue weighted by atomic mass is 31.2. The summed E-state index contributed by atoms with van der Waals surface area (Å²) < 4.78 is 10.4. The van der Waals surface area contributed by atoms with Crippen LogP contribution < -0.4 is 11.2 Å². The van der Waals surface area contributed by atoms with Crippen molar-refractivity contribution in [3.8, 4) is 0 Å². The number of H-pyrrole nitrogens is 2. The Hall–Kier alpha value is -1.70. The Morgan fingerprint density at radius 3 is 2.76 bits per heavy atom. The van der Waals surface area contributed by atoms with E-state index in [0.29, 0.717) is 0 Å². The molecule has 94 valence electrons. The van der Waals surface area contributed by atoms with Gasteiger partial charge in [-0.3, -0.25) is 14.3 Å². The molecule has 1 heterocycles. The van der Waals surface area contributed by atoms with Crippen molar-refractivity contribution in [2.75, 3.05) is 12.8 Å². The second-order valence-electron chi connectivity index (χ2n) is 2.98. The van der Waals surface area contributed by atoms with Crippen LogP contribution in [0.2, 0.25) is 0 Å². The molecule has 10 heteroatoms. The molecular formula is C7H10N3O6P. The van der Waals surface area contributed by atoms with Gasteiger partial charge in [-0.2, -0.15) is 0 Å². The smallest absolute Gasteiger partial charge is 0.329 e. The lowest BCUT2D eigenvalue weighted by Crippen LogP contribution is -2.24. The minimum absolute atomic E-state index is 0.0563. The standard InChI is InChI=1S/C7H10N3O6P/c11-6-5(3-8-7(12)10-6)4-9-16-1-2-17(13,14)15/h3-4H,1-2H2,(H2,13,14,15)(H2,8,10,11,12). The quantitative estimate of drug-likeness (QED) is 0.222. The summed E-state index contributed by atoms with van der Waals surface area (Å²) in [6, 6.07) is 0. The predicted molar refractivity (Wildman–Crippen MR) is 58.1 cm³/mol. The maximum atomic E-state index is 11.1. The molecule has 4 N–H and O–H groups in total. The molecule has 17 heavy (non-hydrogen) atoms. The molecule has 1 aromatic heterocycles. The Morgan fingerprint density at radius 1 is 1.47 bits per heavy atom. The molecule has 0 fully saturated rings. The number of nitrogens with one attached hydrogen (secondary N) is 2. The van der Waals surface area contributed by atoms with Crippen LogP contribution in [0.3, 0.4) is 0 Å². The van der Waals surface area contributed by atoms with Crippen molar-refractivity contribution in [2.24, 2.45) is 5.16 Å². The first-order valence-corrected chi connectivity index (χ1v) is 6.20. The SMILES string of the molecule is O=c1[nH]cc(C=NOCCP(=O)(O)O)c(=O)[nH]1. The third-order valence-corrected chi connectivity index (χ3v) is 2.35. The van der Waals surface area contributed by atoms with E-state index in [2.05, 4.69) is 15.0 Å². The molecule has 0 bridgehead atoms. The maximum absolute atomic E-state index is 11.1. The lowest BCUT2D eigenvalue weighted by molar-refractivity contribution is 0.158. The normalized spacial score (nSPS) is 11.9. The molecule has 1 rings (SSSR count). The number of aromatic nitrogens is 2. The molecule has 0 unspecified atom stereocenters. The van der Waals surface area contributed by atoms with Gasteiger partial charge in [-0.05, 0) is 0 Å². The van der Waals surface area contributed by atoms with Crippen molar-refractivity contribution in [3.63, 3.8) is 0 Å². The summed E-state index contributed by atoms with van der Waals surface area (Å²) in [5.41, 5.74) is -1.23. The molecule has 0 spiro atoms. The van der Waals surface area contributed by atoms with Gasteiger partial charge in [0, 0.05) is 6.20 Å². The number of hydrogen-bond acceptors (Lipinski definition) is 5. The number of aromatic amines is 2. The van der Waals surface area contributed by atoms with Gasteiger partial charge >= 0.3 is 13.3 Å². The second-order valence-corrected chi connectivity index (χ2v) is 4.76. The molecular weight excluding hydrogens is 253 g/mol. The predicted octanol–water partition coefficient (Wildman–Crippen LogP) is -1.41. The number of hydrogen-bond donors (Lipinski definition) is 4. The fraction of sp³-hybridized carbons (Fsp3) is 0.286. The van der Waals surface area contributed by atoms with E-state index in [-0.39, 0.29) is 12.2 Å². The van der Waals surface area contributed by atoms with Gasteiger partial charge in [0.2, 0.25) is 0 Å². The fourth-order valence-corrected chi connectivity index (χ4v) is 1.14. The molecule has 0 amide bonds. The molecule has 0 atom stereocenters. The average Bonchev–Trinajstić information content (AvgIpc) is 2.18. The van der Waals surface area contributed by atoms with E-state index in [1.165, 1.54) is 0 Å². The van der Waals surface area contributed by atoms with Crippen molar-refractivity contribution >= 4 is 13.8 Å². The number of rotatable bonds is 5. The molecule has 0 aliphatic heterocycles. The average molecular weight is 263 g/mol. The summed E-state index contributed by atoms with van der Waals surface area (Å²) in [7, 11) is -4.11. The molecule has 0 aliphatic carbocycles. The van der Waals surface area contributed by atoms with Crippen LogP contribution in [0, 0.1) is 0 Å². The fourth-order valence-electron chi connectivity index (χ4n) is 0.823. The van der Waals surface area contributed by atoms with Gasteiger partial charge in [0.15, 0.2) is 0 Å². The monoisotopic (exact) mass is 263 g/mol. The zero-order valence-electron chi connectivity index (χ0n) is 8.49. The molecule has 0 saturated carbocycles. The highest BCUT2D eigenvalue weighted by Gasteiger charge is 2.11. The Balaban J connectivity index is 2.52. The molecule has 0 saturated heterocycles. The van der Waals surface area contributed by atoms with Gasteiger partial charge in [-0.15, -0.1) is 0 Å². The number of nitrogens with zero attached hydrogens (tertiary/aromatic N) is 1. The summed E-state index contributed by atoms with van der Waals surface area (Å²) in [5, 5.41) is 3.32. The van der Waals surface area contributed by atoms with Crippen molar-refractivity contribution in [1.29, 1.82) is 0 Å². The van der Waals surface area contributed by atoms with E-state index >= 15 is 0 Å². The summed E-state index contributed by atoms with van der Waals surface area (Å²) in [5.74, 6) is 0. The molecule has 0 radical (unpaired) electrons. The molecule has 0 aromatic carbocycles. The third kappa shape index (κ3) is 5.25. The largest absolute Gasteiger partial charge is 0.395 e. The van der Waals surface area contributed by atoms with Gasteiger partial charge in [0.05, 0.1) is 17.9 Å². The van der Waals surface area contributed by atoms with Crippen LogP contribution in [0.25, 0.3) is 0 Å². The Labute approximate surface area is 94.3 Å². The van der Waals surface area contributed by atoms with Gasteiger partial charge in [0.1, 0.15) is 6.61 Å². The van der Waals surface area contributed by atoms with E-state index in [9.17, 15) is 14.2 Å². The van der Waals surface area contributed by atoms with Gasteiger partial charge in [-0.25, -0.2) is 4.79 Å². The van der Waals surface area contributed by atoms with Crippen LogP contribution in [0.5, 0.6) is 0 Å². The van der Waals surface area contributed by atoms with Crippen LogP contribution in [0.15, 0.2) is 20.9 Å². The third-order valence-electron chi connectivity index (χ3n) is 1.59. The van der Waals surface area contributed by atoms with Crippen LogP contribution in [0.4, 0.5) is 0 Å². The number of oxime groups is 1. The lowest BCUT2D eigenvalue weighted by Gasteiger charge is -2.01. The Morgan fingerprint density at radius 2 is 2.18 bits per heavy atom. The van der Waals surface area contributed by atoms with Crippen molar-refractivity contribution in [2.45, 2.75) is 0 Å². The topological polar surface area (TPSA) is 145 Å². The van der Waals surface area contributed by atoms with Gasteiger partial charge < -0.3 is 19.6 Å². The first-order valence-electron chi connectivity index (χ1n) is 4.40.